The number of benzene rings is 1. The Labute approximate surface area is 108 Å². The predicted octanol–water partition coefficient (Wildman–Crippen LogP) is 1.61. The molecule has 98 valence electrons. The largest absolute Gasteiger partial charge is 0.507 e. The van der Waals surface area contributed by atoms with E-state index in [4.69, 9.17) is 0 Å². The molecule has 0 unspecified atom stereocenters. The van der Waals surface area contributed by atoms with Crippen LogP contribution < -0.4 is 5.32 Å². The number of aromatic hydroxyl groups is 1. The van der Waals surface area contributed by atoms with E-state index in [0.717, 1.165) is 12.8 Å². The fourth-order valence-corrected chi connectivity index (χ4v) is 2.37. The molecule has 0 spiro atoms. The van der Waals surface area contributed by atoms with Crippen LogP contribution in [-0.4, -0.2) is 42.1 Å². The second kappa shape index (κ2) is 4.98. The molecule has 1 amide bonds. The number of para-hydroxylation sites is 1. The summed E-state index contributed by atoms with van der Waals surface area (Å²) in [7, 11) is 4.09. The highest BCUT2D eigenvalue weighted by molar-refractivity contribution is 5.96. The van der Waals surface area contributed by atoms with Gasteiger partial charge in [-0.25, -0.2) is 0 Å². The van der Waals surface area contributed by atoms with Gasteiger partial charge in [0.2, 0.25) is 0 Å². The number of carbonyl (C=O) groups is 1. The summed E-state index contributed by atoms with van der Waals surface area (Å²) in [5.41, 5.74) is 0.436. The van der Waals surface area contributed by atoms with Crippen molar-refractivity contribution < 1.29 is 9.90 Å². The third-order valence-corrected chi connectivity index (χ3v) is 3.96. The van der Waals surface area contributed by atoms with Gasteiger partial charge in [-0.05, 0) is 45.5 Å². The maximum atomic E-state index is 12.0. The van der Waals surface area contributed by atoms with Gasteiger partial charge in [0.15, 0.2) is 0 Å². The molecular formula is C14H20N2O2. The number of hydrogen-bond acceptors (Lipinski definition) is 3. The SMILES string of the molecule is CN(C)C1(CNC(=O)c2ccccc2O)CCC1. The molecule has 1 saturated carbocycles. The molecule has 0 heterocycles. The molecule has 2 N–H and O–H groups in total. The molecule has 1 aliphatic rings. The zero-order valence-corrected chi connectivity index (χ0v) is 10.9. The van der Waals surface area contributed by atoms with Crippen LogP contribution in [0.3, 0.4) is 0 Å². The smallest absolute Gasteiger partial charge is 0.255 e. The maximum absolute atomic E-state index is 12.0. The molecule has 1 aromatic carbocycles. The quantitative estimate of drug-likeness (QED) is 0.851. The van der Waals surface area contributed by atoms with Crippen molar-refractivity contribution in [2.24, 2.45) is 0 Å². The lowest BCUT2D eigenvalue weighted by Crippen LogP contribution is -2.57. The van der Waals surface area contributed by atoms with Crippen LogP contribution in [0.15, 0.2) is 24.3 Å². The van der Waals surface area contributed by atoms with E-state index < -0.39 is 0 Å². The first-order valence-corrected chi connectivity index (χ1v) is 6.29. The second-order valence-electron chi connectivity index (χ2n) is 5.17. The fourth-order valence-electron chi connectivity index (χ4n) is 2.37. The Kier molecular flexibility index (Phi) is 3.57. The first-order valence-electron chi connectivity index (χ1n) is 6.29. The monoisotopic (exact) mass is 248 g/mol. The number of carbonyl (C=O) groups excluding carboxylic acids is 1. The number of phenolic OH excluding ortho intramolecular Hbond substituents is 1. The third kappa shape index (κ3) is 2.34. The van der Waals surface area contributed by atoms with Gasteiger partial charge in [-0.2, -0.15) is 0 Å². The molecule has 4 nitrogen and oxygen atoms in total. The molecule has 0 aliphatic heterocycles. The van der Waals surface area contributed by atoms with Gasteiger partial charge in [-0.15, -0.1) is 0 Å². The Morgan fingerprint density at radius 2 is 2.06 bits per heavy atom. The van der Waals surface area contributed by atoms with E-state index in [-0.39, 0.29) is 17.2 Å². The van der Waals surface area contributed by atoms with Gasteiger partial charge in [0.1, 0.15) is 5.75 Å². The fraction of sp³-hybridized carbons (Fsp3) is 0.500. The molecule has 1 fully saturated rings. The molecule has 0 aromatic heterocycles. The summed E-state index contributed by atoms with van der Waals surface area (Å²) >= 11 is 0. The minimum Gasteiger partial charge on any atom is -0.507 e. The Morgan fingerprint density at radius 1 is 1.39 bits per heavy atom. The molecule has 1 aliphatic carbocycles. The van der Waals surface area contributed by atoms with Crippen molar-refractivity contribution in [3.63, 3.8) is 0 Å². The average Bonchev–Trinajstić information content (AvgIpc) is 2.27. The highest BCUT2D eigenvalue weighted by atomic mass is 16.3. The third-order valence-electron chi connectivity index (χ3n) is 3.96. The summed E-state index contributed by atoms with van der Waals surface area (Å²) in [6.45, 7) is 0.632. The van der Waals surface area contributed by atoms with Crippen LogP contribution in [-0.2, 0) is 0 Å². The van der Waals surface area contributed by atoms with Gasteiger partial charge in [0, 0.05) is 12.1 Å². The number of phenols is 1. The molecular weight excluding hydrogens is 228 g/mol. The lowest BCUT2D eigenvalue weighted by molar-refractivity contribution is 0.0557. The minimum absolute atomic E-state index is 0.0301. The lowest BCUT2D eigenvalue weighted by atomic mass is 9.75. The van der Waals surface area contributed by atoms with Crippen molar-refractivity contribution in [2.75, 3.05) is 20.6 Å². The van der Waals surface area contributed by atoms with E-state index in [9.17, 15) is 9.90 Å². The van der Waals surface area contributed by atoms with E-state index in [2.05, 4.69) is 10.2 Å². The van der Waals surface area contributed by atoms with E-state index >= 15 is 0 Å². The number of hydrogen-bond donors (Lipinski definition) is 2. The first-order chi connectivity index (χ1) is 8.55. The number of nitrogens with one attached hydrogen (secondary N) is 1. The highest BCUT2D eigenvalue weighted by Gasteiger charge is 2.39. The van der Waals surface area contributed by atoms with E-state index in [1.807, 2.05) is 14.1 Å². The Morgan fingerprint density at radius 3 is 2.56 bits per heavy atom. The number of nitrogens with zero attached hydrogens (tertiary/aromatic N) is 1. The Balaban J connectivity index is 1.99. The van der Waals surface area contributed by atoms with Crippen molar-refractivity contribution >= 4 is 5.91 Å². The van der Waals surface area contributed by atoms with E-state index in [1.54, 1.807) is 18.2 Å². The van der Waals surface area contributed by atoms with Gasteiger partial charge in [-0.3, -0.25) is 4.79 Å². The Bertz CT molecular complexity index is 439. The highest BCUT2D eigenvalue weighted by Crippen LogP contribution is 2.35. The Hall–Kier alpha value is -1.55. The minimum atomic E-state index is -0.207. The molecule has 0 bridgehead atoms. The zero-order chi connectivity index (χ0) is 13.2. The van der Waals surface area contributed by atoms with Crippen molar-refractivity contribution in [1.29, 1.82) is 0 Å². The van der Waals surface area contributed by atoms with Crippen LogP contribution in [0.5, 0.6) is 5.75 Å². The van der Waals surface area contributed by atoms with Gasteiger partial charge < -0.3 is 15.3 Å². The van der Waals surface area contributed by atoms with Crippen molar-refractivity contribution in [3.05, 3.63) is 29.8 Å². The zero-order valence-electron chi connectivity index (χ0n) is 10.9. The van der Waals surface area contributed by atoms with Crippen LogP contribution >= 0.6 is 0 Å². The van der Waals surface area contributed by atoms with Crippen LogP contribution in [0.2, 0.25) is 0 Å². The molecule has 0 saturated heterocycles. The summed E-state index contributed by atoms with van der Waals surface area (Å²) in [6.07, 6.45) is 3.44. The van der Waals surface area contributed by atoms with Crippen LogP contribution in [0.1, 0.15) is 29.6 Å². The van der Waals surface area contributed by atoms with Crippen LogP contribution in [0, 0.1) is 0 Å². The van der Waals surface area contributed by atoms with Crippen LogP contribution in [0.25, 0.3) is 0 Å². The normalized spacial score (nSPS) is 17.3. The average molecular weight is 248 g/mol. The molecule has 2 rings (SSSR count). The summed E-state index contributed by atoms with van der Waals surface area (Å²) in [5.74, 6) is -0.177. The summed E-state index contributed by atoms with van der Waals surface area (Å²) in [4.78, 5) is 14.2. The van der Waals surface area contributed by atoms with E-state index in [0.29, 0.717) is 12.1 Å². The second-order valence-corrected chi connectivity index (χ2v) is 5.17. The van der Waals surface area contributed by atoms with Crippen molar-refractivity contribution in [1.82, 2.24) is 10.2 Å². The predicted molar refractivity (Wildman–Crippen MR) is 70.7 cm³/mol. The summed E-state index contributed by atoms with van der Waals surface area (Å²) in [6, 6.07) is 6.62. The van der Waals surface area contributed by atoms with Crippen molar-refractivity contribution in [3.8, 4) is 5.75 Å². The van der Waals surface area contributed by atoms with Gasteiger partial charge in [-0.1, -0.05) is 12.1 Å². The van der Waals surface area contributed by atoms with Crippen molar-refractivity contribution in [2.45, 2.75) is 24.8 Å². The first kappa shape index (κ1) is 12.9. The summed E-state index contributed by atoms with van der Waals surface area (Å²) in [5, 5.41) is 12.5. The maximum Gasteiger partial charge on any atom is 0.255 e. The molecule has 0 atom stereocenters. The molecule has 0 radical (unpaired) electrons. The van der Waals surface area contributed by atoms with Crippen LogP contribution in [0.4, 0.5) is 0 Å². The molecule has 18 heavy (non-hydrogen) atoms. The van der Waals surface area contributed by atoms with Gasteiger partial charge in [0.05, 0.1) is 5.56 Å². The van der Waals surface area contributed by atoms with Gasteiger partial charge in [0.25, 0.3) is 5.91 Å². The number of amides is 1. The lowest BCUT2D eigenvalue weighted by Gasteiger charge is -2.47. The topological polar surface area (TPSA) is 52.6 Å². The van der Waals surface area contributed by atoms with Gasteiger partial charge >= 0.3 is 0 Å². The molecule has 1 aromatic rings. The van der Waals surface area contributed by atoms with E-state index in [1.165, 1.54) is 12.5 Å². The number of likely N-dealkylation sites (N-methyl/N-ethyl adjacent to an activating group) is 1. The molecule has 4 heteroatoms. The number of rotatable bonds is 4. The standard InChI is InChI=1S/C14H20N2O2/c1-16(2)14(8-5-9-14)10-15-13(18)11-6-3-4-7-12(11)17/h3-4,6-7,17H,5,8-10H2,1-2H3,(H,15,18). The summed E-state index contributed by atoms with van der Waals surface area (Å²) < 4.78 is 0.